The molecule has 4 rings (SSSR count). The average Bonchev–Trinajstić information content (AvgIpc) is 3.22. The van der Waals surface area contributed by atoms with Gasteiger partial charge in [-0.15, -0.1) is 0 Å². The number of hydrogen-bond acceptors (Lipinski definition) is 7. The maximum atomic E-state index is 12.2. The fourth-order valence-corrected chi connectivity index (χ4v) is 3.34. The van der Waals surface area contributed by atoms with Crippen molar-refractivity contribution in [3.05, 3.63) is 74.8 Å². The van der Waals surface area contributed by atoms with Crippen molar-refractivity contribution in [1.82, 2.24) is 14.5 Å². The zero-order valence-electron chi connectivity index (χ0n) is 17.1. The third-order valence-corrected chi connectivity index (χ3v) is 4.88. The molecule has 0 saturated heterocycles. The van der Waals surface area contributed by atoms with Gasteiger partial charge in [0.2, 0.25) is 5.88 Å². The van der Waals surface area contributed by atoms with Gasteiger partial charge in [-0.2, -0.15) is 0 Å². The first-order valence-corrected chi connectivity index (χ1v) is 9.42. The number of esters is 1. The van der Waals surface area contributed by atoms with Gasteiger partial charge in [-0.1, -0.05) is 0 Å². The number of nitrogens with one attached hydrogen (secondary N) is 1. The molecule has 0 spiro atoms. The Balaban J connectivity index is 1.83. The molecule has 0 radical (unpaired) electrons. The molecule has 0 atom stereocenters. The summed E-state index contributed by atoms with van der Waals surface area (Å²) in [4.78, 5) is 42.3. The van der Waals surface area contributed by atoms with Crippen LogP contribution in [0.5, 0.6) is 11.6 Å². The number of ether oxygens (including phenoxy) is 2. The van der Waals surface area contributed by atoms with Crippen LogP contribution in [0, 0.1) is 6.92 Å². The summed E-state index contributed by atoms with van der Waals surface area (Å²) < 4.78 is 17.9. The van der Waals surface area contributed by atoms with Crippen LogP contribution < -0.4 is 16.0 Å². The standard InChI is InChI=1S/C22H19N3O6/c1-12-19(25(3)22(28)24-20(12)27)16-5-4-15(10-14(16)11-30-13(2)26)31-21-17-7-9-29-18(17)6-8-23-21/h4-10H,11H2,1-3H3,(H,24,27,28). The van der Waals surface area contributed by atoms with Crippen LogP contribution in [-0.2, 0) is 23.2 Å². The summed E-state index contributed by atoms with van der Waals surface area (Å²) in [5, 5.41) is 0.709. The maximum absolute atomic E-state index is 12.2. The van der Waals surface area contributed by atoms with Crippen molar-refractivity contribution in [2.45, 2.75) is 20.5 Å². The predicted molar refractivity (Wildman–Crippen MR) is 112 cm³/mol. The van der Waals surface area contributed by atoms with Gasteiger partial charge in [0.1, 0.15) is 17.9 Å². The molecule has 0 bridgehead atoms. The summed E-state index contributed by atoms with van der Waals surface area (Å²) in [7, 11) is 1.56. The van der Waals surface area contributed by atoms with Gasteiger partial charge in [-0.05, 0) is 37.3 Å². The first-order valence-electron chi connectivity index (χ1n) is 9.42. The van der Waals surface area contributed by atoms with E-state index in [9.17, 15) is 14.4 Å². The smallest absolute Gasteiger partial charge is 0.328 e. The van der Waals surface area contributed by atoms with E-state index in [0.717, 1.165) is 0 Å². The van der Waals surface area contributed by atoms with Gasteiger partial charge in [0.25, 0.3) is 5.56 Å². The number of nitrogens with zero attached hydrogens (tertiary/aromatic N) is 2. The molecular formula is C22H19N3O6. The number of furan rings is 1. The van der Waals surface area contributed by atoms with Crippen molar-refractivity contribution >= 4 is 16.9 Å². The van der Waals surface area contributed by atoms with E-state index in [4.69, 9.17) is 13.9 Å². The molecule has 9 heteroatoms. The Morgan fingerprint density at radius 2 is 2.03 bits per heavy atom. The third-order valence-electron chi connectivity index (χ3n) is 4.88. The highest BCUT2D eigenvalue weighted by molar-refractivity contribution is 5.82. The van der Waals surface area contributed by atoms with Crippen molar-refractivity contribution in [1.29, 1.82) is 0 Å². The van der Waals surface area contributed by atoms with Gasteiger partial charge in [0.15, 0.2) is 0 Å². The minimum atomic E-state index is -0.541. The topological polar surface area (TPSA) is 116 Å². The quantitative estimate of drug-likeness (QED) is 0.492. The van der Waals surface area contributed by atoms with E-state index in [1.54, 1.807) is 56.8 Å². The summed E-state index contributed by atoms with van der Waals surface area (Å²) in [6.45, 7) is 2.86. The summed E-state index contributed by atoms with van der Waals surface area (Å²) in [6, 6.07) is 8.57. The average molecular weight is 421 g/mol. The van der Waals surface area contributed by atoms with Gasteiger partial charge in [0, 0.05) is 36.9 Å². The summed E-state index contributed by atoms with van der Waals surface area (Å²) in [5.74, 6) is 0.343. The number of carbonyl (C=O) groups excluding carboxylic acids is 1. The largest absolute Gasteiger partial charge is 0.464 e. The Bertz CT molecular complexity index is 1380. The van der Waals surface area contributed by atoms with Crippen LogP contribution in [-0.4, -0.2) is 20.5 Å². The van der Waals surface area contributed by atoms with Gasteiger partial charge in [-0.3, -0.25) is 19.1 Å². The summed E-state index contributed by atoms with van der Waals surface area (Å²) in [5.41, 5.74) is 1.55. The number of benzene rings is 1. The lowest BCUT2D eigenvalue weighted by atomic mass is 10.0. The number of pyridine rings is 1. The van der Waals surface area contributed by atoms with Crippen LogP contribution >= 0.6 is 0 Å². The monoisotopic (exact) mass is 421 g/mol. The van der Waals surface area contributed by atoms with Crippen LogP contribution in [0.25, 0.3) is 22.2 Å². The highest BCUT2D eigenvalue weighted by Gasteiger charge is 2.17. The molecule has 31 heavy (non-hydrogen) atoms. The molecule has 0 saturated carbocycles. The lowest BCUT2D eigenvalue weighted by Crippen LogP contribution is -2.31. The highest BCUT2D eigenvalue weighted by atomic mass is 16.5. The van der Waals surface area contributed by atoms with Gasteiger partial charge in [0.05, 0.1) is 17.3 Å². The highest BCUT2D eigenvalue weighted by Crippen LogP contribution is 2.32. The first-order chi connectivity index (χ1) is 14.8. The first kappa shape index (κ1) is 20.1. The predicted octanol–water partition coefficient (Wildman–Crippen LogP) is 3.05. The van der Waals surface area contributed by atoms with Crippen molar-refractivity contribution < 1.29 is 18.7 Å². The van der Waals surface area contributed by atoms with Crippen molar-refractivity contribution in [2.75, 3.05) is 0 Å². The second kappa shape index (κ2) is 7.94. The van der Waals surface area contributed by atoms with Crippen LogP contribution in [0.2, 0.25) is 0 Å². The Hall–Kier alpha value is -4.14. The van der Waals surface area contributed by atoms with Crippen LogP contribution in [0.4, 0.5) is 0 Å². The molecule has 158 valence electrons. The van der Waals surface area contributed by atoms with E-state index in [1.165, 1.54) is 11.5 Å². The number of H-pyrrole nitrogens is 1. The summed E-state index contributed by atoms with van der Waals surface area (Å²) in [6.07, 6.45) is 3.12. The molecule has 9 nitrogen and oxygen atoms in total. The number of hydrogen-bond donors (Lipinski definition) is 1. The van der Waals surface area contributed by atoms with E-state index in [2.05, 4.69) is 9.97 Å². The molecular weight excluding hydrogens is 402 g/mol. The molecule has 0 aliphatic heterocycles. The Morgan fingerprint density at radius 1 is 1.23 bits per heavy atom. The van der Waals surface area contributed by atoms with Crippen molar-refractivity contribution in [3.63, 3.8) is 0 Å². The lowest BCUT2D eigenvalue weighted by molar-refractivity contribution is -0.142. The second-order valence-corrected chi connectivity index (χ2v) is 6.94. The number of rotatable bonds is 5. The van der Waals surface area contributed by atoms with Crippen molar-refractivity contribution in [2.24, 2.45) is 7.05 Å². The number of carbonyl (C=O) groups is 1. The van der Waals surface area contributed by atoms with E-state index in [1.807, 2.05) is 0 Å². The molecule has 4 aromatic rings. The van der Waals surface area contributed by atoms with E-state index in [-0.39, 0.29) is 6.61 Å². The van der Waals surface area contributed by atoms with Gasteiger partial charge < -0.3 is 13.9 Å². The van der Waals surface area contributed by atoms with Crippen LogP contribution in [0.15, 0.2) is 56.8 Å². The van der Waals surface area contributed by atoms with Gasteiger partial charge in [-0.25, -0.2) is 9.78 Å². The zero-order chi connectivity index (χ0) is 22.1. The molecule has 0 unspecified atom stereocenters. The molecule has 0 aliphatic rings. The number of fused-ring (bicyclic) bond motifs is 1. The van der Waals surface area contributed by atoms with Crippen LogP contribution in [0.1, 0.15) is 18.1 Å². The Labute approximate surface area is 175 Å². The number of aromatic nitrogens is 3. The molecule has 3 heterocycles. The maximum Gasteiger partial charge on any atom is 0.328 e. The molecule has 0 fully saturated rings. The number of aromatic amines is 1. The normalized spacial score (nSPS) is 10.9. The minimum absolute atomic E-state index is 0.0639. The Kier molecular flexibility index (Phi) is 5.16. The summed E-state index contributed by atoms with van der Waals surface area (Å²) >= 11 is 0. The van der Waals surface area contributed by atoms with Gasteiger partial charge >= 0.3 is 11.7 Å². The molecule has 3 aromatic heterocycles. The minimum Gasteiger partial charge on any atom is -0.464 e. The van der Waals surface area contributed by atoms with E-state index >= 15 is 0 Å². The lowest BCUT2D eigenvalue weighted by Gasteiger charge is -2.16. The van der Waals surface area contributed by atoms with Crippen molar-refractivity contribution in [3.8, 4) is 22.9 Å². The second-order valence-electron chi connectivity index (χ2n) is 6.94. The van der Waals surface area contributed by atoms with E-state index in [0.29, 0.717) is 45.0 Å². The third kappa shape index (κ3) is 3.85. The van der Waals surface area contributed by atoms with E-state index < -0.39 is 17.2 Å². The fourth-order valence-electron chi connectivity index (χ4n) is 3.34. The zero-order valence-corrected chi connectivity index (χ0v) is 17.1. The molecule has 0 aliphatic carbocycles. The Morgan fingerprint density at radius 3 is 2.81 bits per heavy atom. The molecule has 0 amide bonds. The SMILES string of the molecule is CC(=O)OCc1cc(Oc2nccc3occc23)ccc1-c1c(C)c(=O)[nH]c(=O)n1C. The fraction of sp³-hybridized carbons (Fsp3) is 0.182. The molecule has 1 N–H and O–H groups in total. The van der Waals surface area contributed by atoms with Crippen LogP contribution in [0.3, 0.4) is 0 Å². The molecule has 1 aromatic carbocycles.